The summed E-state index contributed by atoms with van der Waals surface area (Å²) >= 11 is 0. The van der Waals surface area contributed by atoms with E-state index in [1.807, 2.05) is 13.8 Å². The minimum atomic E-state index is -0.773. The highest BCUT2D eigenvalue weighted by atomic mass is 16.5. The zero-order valence-corrected chi connectivity index (χ0v) is 12.0. The summed E-state index contributed by atoms with van der Waals surface area (Å²) in [6, 6.07) is 0. The molecule has 6 nitrogen and oxygen atoms in total. The van der Waals surface area contributed by atoms with Gasteiger partial charge >= 0.3 is 0 Å². The minimum absolute atomic E-state index is 0.0472. The van der Waals surface area contributed by atoms with E-state index in [1.54, 1.807) is 7.11 Å². The number of hydrogen-bond acceptors (Lipinski definition) is 4. The van der Waals surface area contributed by atoms with E-state index in [0.717, 1.165) is 19.3 Å². The van der Waals surface area contributed by atoms with Gasteiger partial charge in [0.05, 0.1) is 12.0 Å². The van der Waals surface area contributed by atoms with Gasteiger partial charge in [-0.15, -0.1) is 0 Å². The SMILES string of the molecule is CCC(CC)(NC(=O)CC1(OC)CCC1)C(N)=NO. The van der Waals surface area contributed by atoms with Crippen molar-refractivity contribution in [2.75, 3.05) is 7.11 Å². The number of nitrogens with zero attached hydrogens (tertiary/aromatic N) is 1. The van der Waals surface area contributed by atoms with E-state index in [9.17, 15) is 4.79 Å². The van der Waals surface area contributed by atoms with Crippen molar-refractivity contribution in [3.05, 3.63) is 0 Å². The molecule has 0 aromatic rings. The van der Waals surface area contributed by atoms with Gasteiger partial charge in [0.1, 0.15) is 5.54 Å². The lowest BCUT2D eigenvalue weighted by molar-refractivity contribution is -0.135. The molecule has 1 fully saturated rings. The van der Waals surface area contributed by atoms with Crippen LogP contribution in [0, 0.1) is 0 Å². The molecule has 1 saturated carbocycles. The lowest BCUT2D eigenvalue weighted by atomic mass is 9.77. The van der Waals surface area contributed by atoms with Crippen molar-refractivity contribution >= 4 is 11.7 Å². The number of ether oxygens (including phenoxy) is 1. The Labute approximate surface area is 114 Å². The van der Waals surface area contributed by atoms with Crippen LogP contribution >= 0.6 is 0 Å². The molecular formula is C13H25N3O3. The maximum Gasteiger partial charge on any atom is 0.223 e. The van der Waals surface area contributed by atoms with E-state index in [1.165, 1.54) is 0 Å². The fraction of sp³-hybridized carbons (Fsp3) is 0.846. The Morgan fingerprint density at radius 1 is 1.47 bits per heavy atom. The van der Waals surface area contributed by atoms with Gasteiger partial charge in [0.2, 0.25) is 5.91 Å². The molecule has 0 bridgehead atoms. The fourth-order valence-corrected chi connectivity index (χ4v) is 2.58. The summed E-state index contributed by atoms with van der Waals surface area (Å²) < 4.78 is 5.44. The fourth-order valence-electron chi connectivity index (χ4n) is 2.58. The molecule has 110 valence electrons. The number of nitrogens with one attached hydrogen (secondary N) is 1. The first-order valence-electron chi connectivity index (χ1n) is 6.81. The normalized spacial score (nSPS) is 18.8. The molecule has 1 aliphatic rings. The lowest BCUT2D eigenvalue weighted by Gasteiger charge is -2.41. The van der Waals surface area contributed by atoms with E-state index >= 15 is 0 Å². The zero-order valence-electron chi connectivity index (χ0n) is 12.0. The zero-order chi connectivity index (χ0) is 14.5. The van der Waals surface area contributed by atoms with Crippen LogP contribution < -0.4 is 11.1 Å². The highest BCUT2D eigenvalue weighted by molar-refractivity contribution is 5.94. The Morgan fingerprint density at radius 3 is 2.37 bits per heavy atom. The molecule has 0 radical (unpaired) electrons. The average molecular weight is 271 g/mol. The van der Waals surface area contributed by atoms with Crippen LogP contribution in [-0.2, 0) is 9.53 Å². The van der Waals surface area contributed by atoms with Crippen LogP contribution in [0.1, 0.15) is 52.4 Å². The second-order valence-corrected chi connectivity index (χ2v) is 5.24. The van der Waals surface area contributed by atoms with Crippen LogP contribution in [0.5, 0.6) is 0 Å². The molecular weight excluding hydrogens is 246 g/mol. The predicted molar refractivity (Wildman–Crippen MR) is 73.1 cm³/mol. The van der Waals surface area contributed by atoms with Gasteiger partial charge in [-0.05, 0) is 32.1 Å². The van der Waals surface area contributed by atoms with Crippen molar-refractivity contribution in [2.24, 2.45) is 10.9 Å². The number of amides is 1. The number of methoxy groups -OCH3 is 1. The molecule has 4 N–H and O–H groups in total. The molecule has 19 heavy (non-hydrogen) atoms. The summed E-state index contributed by atoms with van der Waals surface area (Å²) in [6.07, 6.45) is 4.38. The molecule has 0 aliphatic heterocycles. The number of nitrogens with two attached hydrogens (primary N) is 1. The van der Waals surface area contributed by atoms with Gasteiger partial charge in [0.25, 0.3) is 0 Å². The Balaban J connectivity index is 2.72. The lowest BCUT2D eigenvalue weighted by Crippen LogP contribution is -2.58. The van der Waals surface area contributed by atoms with Gasteiger partial charge in [-0.2, -0.15) is 0 Å². The number of carbonyl (C=O) groups excluding carboxylic acids is 1. The van der Waals surface area contributed by atoms with Gasteiger partial charge < -0.3 is 21.0 Å². The molecule has 0 spiro atoms. The third-order valence-corrected chi connectivity index (χ3v) is 4.36. The van der Waals surface area contributed by atoms with Crippen molar-refractivity contribution in [1.82, 2.24) is 5.32 Å². The van der Waals surface area contributed by atoms with Crippen LogP contribution in [0.2, 0.25) is 0 Å². The van der Waals surface area contributed by atoms with E-state index in [2.05, 4.69) is 10.5 Å². The Bertz CT molecular complexity index is 342. The maximum absolute atomic E-state index is 12.2. The highest BCUT2D eigenvalue weighted by Crippen LogP contribution is 2.38. The second-order valence-electron chi connectivity index (χ2n) is 5.24. The van der Waals surface area contributed by atoms with E-state index in [0.29, 0.717) is 19.3 Å². The smallest absolute Gasteiger partial charge is 0.223 e. The molecule has 1 rings (SSSR count). The Kier molecular flexibility index (Phi) is 5.17. The molecule has 1 aliphatic carbocycles. The number of hydrogen-bond donors (Lipinski definition) is 3. The molecule has 0 saturated heterocycles. The second kappa shape index (κ2) is 6.23. The van der Waals surface area contributed by atoms with Crippen LogP contribution in [0.15, 0.2) is 5.16 Å². The monoisotopic (exact) mass is 271 g/mol. The van der Waals surface area contributed by atoms with Gasteiger partial charge in [-0.25, -0.2) is 0 Å². The third kappa shape index (κ3) is 3.18. The van der Waals surface area contributed by atoms with E-state index < -0.39 is 5.54 Å². The first-order valence-corrected chi connectivity index (χ1v) is 6.81. The van der Waals surface area contributed by atoms with Crippen molar-refractivity contribution in [3.8, 4) is 0 Å². The largest absolute Gasteiger partial charge is 0.409 e. The van der Waals surface area contributed by atoms with Crippen molar-refractivity contribution in [3.63, 3.8) is 0 Å². The quantitative estimate of drug-likeness (QED) is 0.282. The molecule has 0 unspecified atom stereocenters. The van der Waals surface area contributed by atoms with Gasteiger partial charge in [-0.1, -0.05) is 19.0 Å². The molecule has 0 atom stereocenters. The summed E-state index contributed by atoms with van der Waals surface area (Å²) in [6.45, 7) is 3.80. The van der Waals surface area contributed by atoms with Gasteiger partial charge in [-0.3, -0.25) is 4.79 Å². The molecule has 0 aromatic heterocycles. The number of oxime groups is 1. The molecule has 6 heteroatoms. The van der Waals surface area contributed by atoms with Gasteiger partial charge in [0.15, 0.2) is 5.84 Å². The van der Waals surface area contributed by atoms with Crippen LogP contribution in [0.4, 0.5) is 0 Å². The van der Waals surface area contributed by atoms with Crippen molar-refractivity contribution in [1.29, 1.82) is 0 Å². The Morgan fingerprint density at radius 2 is 2.05 bits per heavy atom. The van der Waals surface area contributed by atoms with Crippen molar-refractivity contribution in [2.45, 2.75) is 63.5 Å². The summed E-state index contributed by atoms with van der Waals surface area (Å²) in [4.78, 5) is 12.2. The highest BCUT2D eigenvalue weighted by Gasteiger charge is 2.41. The summed E-state index contributed by atoms with van der Waals surface area (Å²) in [5, 5.41) is 14.8. The first-order chi connectivity index (χ1) is 8.97. The number of amidine groups is 1. The topological polar surface area (TPSA) is 96.9 Å². The predicted octanol–water partition coefficient (Wildman–Crippen LogP) is 1.37. The third-order valence-electron chi connectivity index (χ3n) is 4.36. The maximum atomic E-state index is 12.2. The van der Waals surface area contributed by atoms with Crippen LogP contribution in [0.3, 0.4) is 0 Å². The van der Waals surface area contributed by atoms with Gasteiger partial charge in [0, 0.05) is 7.11 Å². The van der Waals surface area contributed by atoms with Crippen LogP contribution in [0.25, 0.3) is 0 Å². The van der Waals surface area contributed by atoms with Crippen LogP contribution in [-0.4, -0.2) is 35.2 Å². The summed E-state index contributed by atoms with van der Waals surface area (Å²) in [5.41, 5.74) is 4.63. The molecule has 1 amide bonds. The summed E-state index contributed by atoms with van der Waals surface area (Å²) in [5.74, 6) is -0.0669. The average Bonchev–Trinajstić information content (AvgIpc) is 2.39. The molecule has 0 aromatic carbocycles. The standard InChI is InChI=1S/C13H25N3O3/c1-4-13(5-2,11(14)16-18)15-10(17)9-12(19-3)7-6-8-12/h18H,4-9H2,1-3H3,(H2,14,16)(H,15,17). The first kappa shape index (κ1) is 15.8. The van der Waals surface area contributed by atoms with E-state index in [-0.39, 0.29) is 17.3 Å². The van der Waals surface area contributed by atoms with Crippen molar-refractivity contribution < 1.29 is 14.7 Å². The number of rotatable bonds is 7. The molecule has 0 heterocycles. The Hall–Kier alpha value is -1.30. The summed E-state index contributed by atoms with van der Waals surface area (Å²) in [7, 11) is 1.64. The van der Waals surface area contributed by atoms with E-state index in [4.69, 9.17) is 15.7 Å². The minimum Gasteiger partial charge on any atom is -0.409 e. The number of carbonyl (C=O) groups is 1.